The zero-order valence-electron chi connectivity index (χ0n) is 10.6. The summed E-state index contributed by atoms with van der Waals surface area (Å²) in [7, 11) is 1.27. The Hall–Kier alpha value is -1.96. The van der Waals surface area contributed by atoms with Gasteiger partial charge in [0.25, 0.3) is 5.91 Å². The highest BCUT2D eigenvalue weighted by Crippen LogP contribution is 2.13. The quantitative estimate of drug-likeness (QED) is 0.655. The number of halogens is 1. The maximum atomic E-state index is 12.1. The van der Waals surface area contributed by atoms with Crippen LogP contribution in [0.4, 0.5) is 5.69 Å². The van der Waals surface area contributed by atoms with Crippen LogP contribution in [0.25, 0.3) is 0 Å². The van der Waals surface area contributed by atoms with Crippen LogP contribution >= 0.6 is 22.6 Å². The molecule has 1 heterocycles. The number of pyridine rings is 1. The highest BCUT2D eigenvalue weighted by Gasteiger charge is 2.12. The van der Waals surface area contributed by atoms with Crippen LogP contribution in [-0.4, -0.2) is 24.0 Å². The first-order valence-electron chi connectivity index (χ1n) is 5.72. The molecule has 0 aliphatic heterocycles. The van der Waals surface area contributed by atoms with Crippen LogP contribution in [-0.2, 0) is 4.74 Å². The van der Waals surface area contributed by atoms with Crippen LogP contribution in [0, 0.1) is 3.57 Å². The maximum absolute atomic E-state index is 12.1. The predicted octanol–water partition coefficient (Wildman–Crippen LogP) is 2.73. The molecule has 1 aromatic heterocycles. The van der Waals surface area contributed by atoms with E-state index in [0.717, 1.165) is 3.57 Å². The summed E-state index contributed by atoms with van der Waals surface area (Å²) in [5.74, 6) is -0.952. The van der Waals surface area contributed by atoms with Gasteiger partial charge >= 0.3 is 5.97 Å². The van der Waals surface area contributed by atoms with Crippen LogP contribution in [0.5, 0.6) is 0 Å². The van der Waals surface area contributed by atoms with E-state index in [1.165, 1.54) is 19.2 Å². The number of benzene rings is 1. The van der Waals surface area contributed by atoms with Gasteiger partial charge in [-0.3, -0.25) is 4.79 Å². The first-order valence-corrected chi connectivity index (χ1v) is 6.80. The molecule has 2 aromatic rings. The van der Waals surface area contributed by atoms with E-state index in [4.69, 9.17) is 0 Å². The standard InChI is InChI=1S/C14H11IN2O3/c1-20-14(19)12-7-3-6-11(17-12)13(18)16-10-5-2-4-9(15)8-10/h2-8H,1H3,(H,16,18). The lowest BCUT2D eigenvalue weighted by molar-refractivity contribution is 0.0594. The zero-order chi connectivity index (χ0) is 14.5. The molecule has 5 nitrogen and oxygen atoms in total. The highest BCUT2D eigenvalue weighted by molar-refractivity contribution is 14.1. The van der Waals surface area contributed by atoms with Gasteiger partial charge in [-0.2, -0.15) is 0 Å². The molecule has 0 fully saturated rings. The average molecular weight is 382 g/mol. The van der Waals surface area contributed by atoms with Gasteiger partial charge < -0.3 is 10.1 Å². The van der Waals surface area contributed by atoms with Gasteiger partial charge in [0.1, 0.15) is 11.4 Å². The molecule has 102 valence electrons. The number of anilines is 1. The van der Waals surface area contributed by atoms with Gasteiger partial charge in [-0.05, 0) is 52.9 Å². The third kappa shape index (κ3) is 3.53. The Morgan fingerprint density at radius 3 is 2.55 bits per heavy atom. The third-order valence-corrected chi connectivity index (χ3v) is 3.13. The van der Waals surface area contributed by atoms with Crippen molar-refractivity contribution in [3.8, 4) is 0 Å². The SMILES string of the molecule is COC(=O)c1cccc(C(=O)Nc2cccc(I)c2)n1. The molecule has 1 amide bonds. The number of rotatable bonds is 3. The summed E-state index contributed by atoms with van der Waals surface area (Å²) in [4.78, 5) is 27.4. The summed E-state index contributed by atoms with van der Waals surface area (Å²) in [5.41, 5.74) is 0.932. The number of amides is 1. The monoisotopic (exact) mass is 382 g/mol. The van der Waals surface area contributed by atoms with E-state index in [0.29, 0.717) is 5.69 Å². The molecule has 0 radical (unpaired) electrons. The van der Waals surface area contributed by atoms with Gasteiger partial charge in [0.15, 0.2) is 0 Å². The molecule has 1 N–H and O–H groups in total. The molecule has 2 rings (SSSR count). The van der Waals surface area contributed by atoms with E-state index < -0.39 is 5.97 Å². The molecule has 0 atom stereocenters. The molecule has 0 saturated carbocycles. The fourth-order valence-electron chi connectivity index (χ4n) is 1.54. The molecule has 20 heavy (non-hydrogen) atoms. The second-order valence-electron chi connectivity index (χ2n) is 3.86. The van der Waals surface area contributed by atoms with Crippen LogP contribution in [0.1, 0.15) is 21.0 Å². The van der Waals surface area contributed by atoms with Crippen molar-refractivity contribution in [2.45, 2.75) is 0 Å². The van der Waals surface area contributed by atoms with E-state index in [2.05, 4.69) is 37.6 Å². The summed E-state index contributed by atoms with van der Waals surface area (Å²) >= 11 is 2.16. The minimum absolute atomic E-state index is 0.0998. The number of hydrogen-bond acceptors (Lipinski definition) is 4. The van der Waals surface area contributed by atoms with Gasteiger partial charge in [-0.25, -0.2) is 9.78 Å². The number of esters is 1. The number of hydrogen-bond donors (Lipinski definition) is 1. The van der Waals surface area contributed by atoms with Crippen molar-refractivity contribution in [1.82, 2.24) is 4.98 Å². The van der Waals surface area contributed by atoms with E-state index >= 15 is 0 Å². The van der Waals surface area contributed by atoms with Crippen molar-refractivity contribution in [2.24, 2.45) is 0 Å². The Morgan fingerprint density at radius 1 is 1.15 bits per heavy atom. The molecule has 0 saturated heterocycles. The average Bonchev–Trinajstić information content (AvgIpc) is 2.46. The van der Waals surface area contributed by atoms with Crippen LogP contribution in [0.2, 0.25) is 0 Å². The zero-order valence-corrected chi connectivity index (χ0v) is 12.7. The van der Waals surface area contributed by atoms with Gasteiger partial charge in [0, 0.05) is 9.26 Å². The number of carbonyl (C=O) groups is 2. The molecule has 0 spiro atoms. The Bertz CT molecular complexity index is 658. The Balaban J connectivity index is 2.19. The van der Waals surface area contributed by atoms with Crippen molar-refractivity contribution in [1.29, 1.82) is 0 Å². The number of carbonyl (C=O) groups excluding carboxylic acids is 2. The molecule has 0 aliphatic carbocycles. The van der Waals surface area contributed by atoms with Gasteiger partial charge in [-0.15, -0.1) is 0 Å². The lowest BCUT2D eigenvalue weighted by atomic mass is 10.2. The summed E-state index contributed by atoms with van der Waals surface area (Å²) in [6, 6.07) is 12.0. The van der Waals surface area contributed by atoms with E-state index in [-0.39, 0.29) is 17.3 Å². The van der Waals surface area contributed by atoms with Crippen molar-refractivity contribution >= 4 is 40.2 Å². The van der Waals surface area contributed by atoms with Crippen molar-refractivity contribution in [3.63, 3.8) is 0 Å². The van der Waals surface area contributed by atoms with Crippen molar-refractivity contribution in [2.75, 3.05) is 12.4 Å². The van der Waals surface area contributed by atoms with Gasteiger partial charge in [-0.1, -0.05) is 12.1 Å². The minimum atomic E-state index is -0.575. The smallest absolute Gasteiger partial charge is 0.356 e. The molecule has 6 heteroatoms. The second-order valence-corrected chi connectivity index (χ2v) is 5.11. The number of ether oxygens (including phenoxy) is 1. The predicted molar refractivity (Wildman–Crippen MR) is 82.7 cm³/mol. The van der Waals surface area contributed by atoms with Gasteiger partial charge in [0.05, 0.1) is 7.11 Å². The summed E-state index contributed by atoms with van der Waals surface area (Å²) in [5, 5.41) is 2.72. The lowest BCUT2D eigenvalue weighted by Crippen LogP contribution is -2.16. The first-order chi connectivity index (χ1) is 9.60. The first kappa shape index (κ1) is 14.4. The summed E-state index contributed by atoms with van der Waals surface area (Å²) in [6.07, 6.45) is 0. The van der Waals surface area contributed by atoms with Crippen molar-refractivity contribution < 1.29 is 14.3 Å². The Labute approximate surface area is 129 Å². The summed E-state index contributed by atoms with van der Waals surface area (Å²) in [6.45, 7) is 0. The lowest BCUT2D eigenvalue weighted by Gasteiger charge is -2.06. The van der Waals surface area contributed by atoms with Crippen molar-refractivity contribution in [3.05, 3.63) is 57.4 Å². The van der Waals surface area contributed by atoms with E-state index in [9.17, 15) is 9.59 Å². The van der Waals surface area contributed by atoms with Gasteiger partial charge in [0.2, 0.25) is 0 Å². The van der Waals surface area contributed by atoms with Crippen LogP contribution < -0.4 is 5.32 Å². The molecular formula is C14H11IN2O3. The van der Waals surface area contributed by atoms with E-state index in [1.807, 2.05) is 18.2 Å². The third-order valence-electron chi connectivity index (χ3n) is 2.46. The largest absolute Gasteiger partial charge is 0.464 e. The van der Waals surface area contributed by atoms with Crippen LogP contribution in [0.3, 0.4) is 0 Å². The Kier molecular flexibility index (Phi) is 4.67. The molecular weight excluding hydrogens is 371 g/mol. The van der Waals surface area contributed by atoms with E-state index in [1.54, 1.807) is 12.1 Å². The number of nitrogens with zero attached hydrogens (tertiary/aromatic N) is 1. The number of nitrogens with one attached hydrogen (secondary N) is 1. The maximum Gasteiger partial charge on any atom is 0.356 e. The molecule has 1 aromatic carbocycles. The van der Waals surface area contributed by atoms with Crippen LogP contribution in [0.15, 0.2) is 42.5 Å². The minimum Gasteiger partial charge on any atom is -0.464 e. The highest BCUT2D eigenvalue weighted by atomic mass is 127. The molecule has 0 aliphatic rings. The fourth-order valence-corrected chi connectivity index (χ4v) is 2.08. The molecule has 0 bridgehead atoms. The second kappa shape index (κ2) is 6.47. The fraction of sp³-hybridized carbons (Fsp3) is 0.0714. The number of aromatic nitrogens is 1. The topological polar surface area (TPSA) is 68.3 Å². The normalized spacial score (nSPS) is 9.90. The Morgan fingerprint density at radius 2 is 1.85 bits per heavy atom. The molecule has 0 unspecified atom stereocenters. The summed E-state index contributed by atoms with van der Waals surface area (Å²) < 4.78 is 5.58. The number of methoxy groups -OCH3 is 1.